The maximum Gasteiger partial charge on any atom is 0.212 e. The highest BCUT2D eigenvalue weighted by Gasteiger charge is 2.38. The van der Waals surface area contributed by atoms with Crippen molar-refractivity contribution in [1.29, 1.82) is 0 Å². The molecule has 0 fully saturated rings. The van der Waals surface area contributed by atoms with Crippen LogP contribution in [0.1, 0.15) is 0 Å². The van der Waals surface area contributed by atoms with E-state index in [4.69, 9.17) is 0 Å². The summed E-state index contributed by atoms with van der Waals surface area (Å²) < 4.78 is 0. The van der Waals surface area contributed by atoms with Crippen molar-refractivity contribution in [2.24, 2.45) is 0 Å². The van der Waals surface area contributed by atoms with Crippen molar-refractivity contribution in [3.63, 3.8) is 0 Å². The van der Waals surface area contributed by atoms with Gasteiger partial charge in [0.1, 0.15) is 0 Å². The standard InChI is InChI=1S/C16H15N3Si/c1-20(14-8-2-5-11-17-14,15-9-3-6-12-18-15)16-10-4-7-13-19-16/h2-13H,1H3. The van der Waals surface area contributed by atoms with Crippen LogP contribution in [0.3, 0.4) is 0 Å². The molecule has 0 saturated carbocycles. The number of pyridine rings is 3. The first-order chi connectivity index (χ1) is 9.82. The average Bonchev–Trinajstić information content (AvgIpc) is 2.56. The van der Waals surface area contributed by atoms with Crippen molar-refractivity contribution in [1.82, 2.24) is 15.0 Å². The van der Waals surface area contributed by atoms with Gasteiger partial charge in [-0.15, -0.1) is 0 Å². The lowest BCUT2D eigenvalue weighted by molar-refractivity contribution is 1.31. The lowest BCUT2D eigenvalue weighted by Gasteiger charge is -2.25. The molecule has 3 aromatic rings. The quantitative estimate of drug-likeness (QED) is 0.670. The SMILES string of the molecule is C[Si](c1ccccn1)(c1ccccn1)c1ccccn1. The highest BCUT2D eigenvalue weighted by molar-refractivity contribution is 7.09. The van der Waals surface area contributed by atoms with Gasteiger partial charge in [0.2, 0.25) is 8.07 Å². The van der Waals surface area contributed by atoms with Crippen LogP contribution >= 0.6 is 0 Å². The predicted molar refractivity (Wildman–Crippen MR) is 83.2 cm³/mol. The summed E-state index contributed by atoms with van der Waals surface area (Å²) >= 11 is 0. The topological polar surface area (TPSA) is 38.7 Å². The molecule has 0 aliphatic carbocycles. The molecule has 0 saturated heterocycles. The second kappa shape index (κ2) is 5.34. The van der Waals surface area contributed by atoms with Gasteiger partial charge in [0.25, 0.3) is 0 Å². The van der Waals surface area contributed by atoms with Gasteiger partial charge in [0.15, 0.2) is 0 Å². The highest BCUT2D eigenvalue weighted by atomic mass is 28.3. The Hall–Kier alpha value is -2.33. The summed E-state index contributed by atoms with van der Waals surface area (Å²) in [5.41, 5.74) is 0. The van der Waals surface area contributed by atoms with Crippen LogP contribution in [0.15, 0.2) is 73.2 Å². The largest absolute Gasteiger partial charge is 0.265 e. The number of hydrogen-bond donors (Lipinski definition) is 0. The van der Waals surface area contributed by atoms with Gasteiger partial charge in [-0.2, -0.15) is 0 Å². The minimum Gasteiger partial charge on any atom is -0.265 e. The van der Waals surface area contributed by atoms with Crippen molar-refractivity contribution in [2.75, 3.05) is 0 Å². The summed E-state index contributed by atoms with van der Waals surface area (Å²) in [5, 5.41) is 3.24. The fourth-order valence-electron chi connectivity index (χ4n) is 2.37. The monoisotopic (exact) mass is 277 g/mol. The molecule has 0 N–H and O–H groups in total. The second-order valence-corrected chi connectivity index (χ2v) is 8.56. The summed E-state index contributed by atoms with van der Waals surface area (Å²) in [6, 6.07) is 18.1. The van der Waals surface area contributed by atoms with Gasteiger partial charge in [-0.05, 0) is 36.4 Å². The Kier molecular flexibility index (Phi) is 3.39. The Morgan fingerprint density at radius 3 is 1.20 bits per heavy atom. The van der Waals surface area contributed by atoms with E-state index < -0.39 is 8.07 Å². The van der Waals surface area contributed by atoms with E-state index in [0.29, 0.717) is 0 Å². The van der Waals surface area contributed by atoms with Crippen molar-refractivity contribution in [2.45, 2.75) is 6.55 Å². The molecule has 0 atom stereocenters. The summed E-state index contributed by atoms with van der Waals surface area (Å²) in [4.78, 5) is 13.8. The normalized spacial score (nSPS) is 11.2. The maximum atomic E-state index is 4.59. The zero-order valence-corrected chi connectivity index (χ0v) is 12.3. The molecule has 20 heavy (non-hydrogen) atoms. The molecular formula is C16H15N3Si. The average molecular weight is 277 g/mol. The Morgan fingerprint density at radius 2 is 0.950 bits per heavy atom. The Bertz CT molecular complexity index is 575. The molecule has 0 amide bonds. The van der Waals surface area contributed by atoms with Gasteiger partial charge in [0, 0.05) is 34.5 Å². The van der Waals surface area contributed by atoms with Crippen molar-refractivity contribution < 1.29 is 0 Å². The Balaban J connectivity index is 2.24. The number of hydrogen-bond acceptors (Lipinski definition) is 3. The van der Waals surface area contributed by atoms with Gasteiger partial charge in [-0.1, -0.05) is 24.7 Å². The number of aromatic nitrogens is 3. The molecule has 98 valence electrons. The predicted octanol–water partition coefficient (Wildman–Crippen LogP) is 0.972. The molecule has 0 spiro atoms. The first-order valence-electron chi connectivity index (χ1n) is 6.56. The van der Waals surface area contributed by atoms with Crippen LogP contribution in [-0.2, 0) is 0 Å². The fraction of sp³-hybridized carbons (Fsp3) is 0.0625. The third-order valence-corrected chi connectivity index (χ3v) is 7.49. The van der Waals surface area contributed by atoms with Gasteiger partial charge >= 0.3 is 0 Å². The summed E-state index contributed by atoms with van der Waals surface area (Å²) in [7, 11) is -2.21. The fourth-order valence-corrected chi connectivity index (χ4v) is 5.44. The molecule has 3 rings (SSSR count). The molecule has 3 nitrogen and oxygen atoms in total. The van der Waals surface area contributed by atoms with E-state index in [2.05, 4.69) is 39.7 Å². The van der Waals surface area contributed by atoms with Crippen LogP contribution in [0.4, 0.5) is 0 Å². The van der Waals surface area contributed by atoms with E-state index in [1.54, 1.807) is 0 Å². The molecule has 0 radical (unpaired) electrons. The van der Waals surface area contributed by atoms with Crippen molar-refractivity contribution in [3.05, 3.63) is 73.2 Å². The minimum absolute atomic E-state index is 1.08. The summed E-state index contributed by atoms with van der Waals surface area (Å²) in [6.45, 7) is 2.25. The second-order valence-electron chi connectivity index (χ2n) is 4.77. The van der Waals surface area contributed by atoms with Gasteiger partial charge in [-0.25, -0.2) is 0 Å². The van der Waals surface area contributed by atoms with E-state index in [9.17, 15) is 0 Å². The minimum atomic E-state index is -2.21. The molecule has 0 aliphatic heterocycles. The van der Waals surface area contributed by atoms with Gasteiger partial charge in [-0.3, -0.25) is 15.0 Å². The Labute approximate surface area is 119 Å². The highest BCUT2D eigenvalue weighted by Crippen LogP contribution is 2.02. The van der Waals surface area contributed by atoms with Crippen LogP contribution in [0.25, 0.3) is 0 Å². The van der Waals surface area contributed by atoms with E-state index >= 15 is 0 Å². The zero-order chi connectivity index (χ0) is 13.8. The lowest BCUT2D eigenvalue weighted by Crippen LogP contribution is -2.67. The number of nitrogens with zero attached hydrogens (tertiary/aromatic N) is 3. The van der Waals surface area contributed by atoms with Crippen LogP contribution in [-0.4, -0.2) is 23.0 Å². The lowest BCUT2D eigenvalue weighted by atomic mass is 10.5. The molecule has 0 unspecified atom stereocenters. The molecule has 4 heteroatoms. The molecule has 0 aliphatic rings. The third-order valence-electron chi connectivity index (χ3n) is 3.53. The first-order valence-corrected chi connectivity index (χ1v) is 9.06. The van der Waals surface area contributed by atoms with Crippen molar-refractivity contribution >= 4 is 24.0 Å². The third kappa shape index (κ3) is 2.14. The number of rotatable bonds is 3. The maximum absolute atomic E-state index is 4.59. The Morgan fingerprint density at radius 1 is 0.600 bits per heavy atom. The molecule has 0 aromatic carbocycles. The molecule has 3 aromatic heterocycles. The summed E-state index contributed by atoms with van der Waals surface area (Å²) in [6.07, 6.45) is 5.52. The van der Waals surface area contributed by atoms with Crippen LogP contribution in [0, 0.1) is 0 Å². The van der Waals surface area contributed by atoms with Crippen molar-refractivity contribution in [3.8, 4) is 0 Å². The van der Waals surface area contributed by atoms with E-state index in [-0.39, 0.29) is 0 Å². The first kappa shape index (κ1) is 12.7. The van der Waals surface area contributed by atoms with Gasteiger partial charge < -0.3 is 0 Å². The summed E-state index contributed by atoms with van der Waals surface area (Å²) in [5.74, 6) is 0. The van der Waals surface area contributed by atoms with Gasteiger partial charge in [0.05, 0.1) is 0 Å². The molecule has 0 bridgehead atoms. The van der Waals surface area contributed by atoms with E-state index in [1.807, 2.05) is 55.0 Å². The van der Waals surface area contributed by atoms with Crippen LogP contribution < -0.4 is 16.0 Å². The molecule has 3 heterocycles. The zero-order valence-electron chi connectivity index (χ0n) is 11.3. The van der Waals surface area contributed by atoms with E-state index in [1.165, 1.54) is 0 Å². The van der Waals surface area contributed by atoms with Crippen LogP contribution in [0.2, 0.25) is 6.55 Å². The van der Waals surface area contributed by atoms with Crippen LogP contribution in [0.5, 0.6) is 0 Å². The smallest absolute Gasteiger partial charge is 0.212 e. The van der Waals surface area contributed by atoms with E-state index in [0.717, 1.165) is 16.0 Å². The molecular weight excluding hydrogens is 262 g/mol.